The molecule has 2 atom stereocenters. The number of piperidine rings is 1. The molecule has 2 heterocycles. The van der Waals surface area contributed by atoms with Crippen molar-refractivity contribution in [3.63, 3.8) is 0 Å². The Morgan fingerprint density at radius 3 is 2.71 bits per heavy atom. The molecule has 1 aliphatic rings. The zero-order valence-corrected chi connectivity index (χ0v) is 14.1. The first-order chi connectivity index (χ1) is 7.91. The standard InChI is InChI=1S/C10H13Br2NO2S2/c1-7-6-13(5-4-8(7)11)17(14,15)10-3-2-9(12)16-10/h2-3,7-8H,4-6H2,1H3. The Morgan fingerprint density at radius 1 is 1.47 bits per heavy atom. The highest BCUT2D eigenvalue weighted by Gasteiger charge is 2.33. The number of alkyl halides is 1. The fourth-order valence-corrected chi connectivity index (χ4v) is 5.95. The maximum Gasteiger partial charge on any atom is 0.252 e. The van der Waals surface area contributed by atoms with Gasteiger partial charge in [0.25, 0.3) is 10.0 Å². The van der Waals surface area contributed by atoms with Crippen molar-refractivity contribution in [3.8, 4) is 0 Å². The largest absolute Gasteiger partial charge is 0.252 e. The molecule has 1 aromatic heterocycles. The minimum atomic E-state index is -3.30. The third-order valence-corrected chi connectivity index (χ3v) is 8.22. The monoisotopic (exact) mass is 401 g/mol. The van der Waals surface area contributed by atoms with Gasteiger partial charge in [0.1, 0.15) is 4.21 Å². The lowest BCUT2D eigenvalue weighted by molar-refractivity contribution is 0.292. The third-order valence-electron chi connectivity index (χ3n) is 2.91. The molecule has 2 rings (SSSR count). The highest BCUT2D eigenvalue weighted by atomic mass is 79.9. The molecule has 0 amide bonds. The molecule has 0 saturated carbocycles. The molecule has 1 aromatic rings. The maximum absolute atomic E-state index is 12.4. The van der Waals surface area contributed by atoms with Crippen molar-refractivity contribution in [1.29, 1.82) is 0 Å². The number of hydrogen-bond donors (Lipinski definition) is 0. The number of rotatable bonds is 2. The van der Waals surface area contributed by atoms with Gasteiger partial charge in [0.2, 0.25) is 0 Å². The van der Waals surface area contributed by atoms with E-state index in [0.29, 0.717) is 28.0 Å². The second-order valence-electron chi connectivity index (χ2n) is 4.20. The molecular weight excluding hydrogens is 390 g/mol. The first-order valence-electron chi connectivity index (χ1n) is 5.31. The van der Waals surface area contributed by atoms with Crippen LogP contribution in [-0.4, -0.2) is 30.6 Å². The van der Waals surface area contributed by atoms with Gasteiger partial charge in [-0.15, -0.1) is 11.3 Å². The van der Waals surface area contributed by atoms with Gasteiger partial charge in [-0.1, -0.05) is 22.9 Å². The first kappa shape index (κ1) is 14.0. The molecule has 2 unspecified atom stereocenters. The summed E-state index contributed by atoms with van der Waals surface area (Å²) in [6.45, 7) is 3.26. The van der Waals surface area contributed by atoms with E-state index in [-0.39, 0.29) is 0 Å². The van der Waals surface area contributed by atoms with Crippen LogP contribution in [0.25, 0.3) is 0 Å². The Kier molecular flexibility index (Phi) is 4.35. The van der Waals surface area contributed by atoms with Crippen LogP contribution in [0.1, 0.15) is 13.3 Å². The lowest BCUT2D eigenvalue weighted by Gasteiger charge is -2.33. The predicted octanol–water partition coefficient (Wildman–Crippen LogP) is 3.30. The quantitative estimate of drug-likeness (QED) is 0.711. The Balaban J connectivity index is 2.22. The van der Waals surface area contributed by atoms with Gasteiger partial charge in [0.15, 0.2) is 0 Å². The molecule has 17 heavy (non-hydrogen) atoms. The highest BCUT2D eigenvalue weighted by molar-refractivity contribution is 9.11. The van der Waals surface area contributed by atoms with Crippen LogP contribution in [0.2, 0.25) is 0 Å². The van der Waals surface area contributed by atoms with Crippen molar-refractivity contribution in [3.05, 3.63) is 15.9 Å². The Hall–Kier alpha value is 0.570. The van der Waals surface area contributed by atoms with E-state index in [4.69, 9.17) is 0 Å². The van der Waals surface area contributed by atoms with Gasteiger partial charge < -0.3 is 0 Å². The van der Waals surface area contributed by atoms with Crippen LogP contribution >= 0.6 is 43.2 Å². The van der Waals surface area contributed by atoms with Crippen molar-refractivity contribution in [2.24, 2.45) is 5.92 Å². The third kappa shape index (κ3) is 2.94. The topological polar surface area (TPSA) is 37.4 Å². The summed E-state index contributed by atoms with van der Waals surface area (Å²) in [5, 5.41) is 0. The molecule has 0 radical (unpaired) electrons. The summed E-state index contributed by atoms with van der Waals surface area (Å²) in [4.78, 5) is 0.420. The van der Waals surface area contributed by atoms with Gasteiger partial charge in [0.05, 0.1) is 3.79 Å². The zero-order chi connectivity index (χ0) is 12.6. The first-order valence-corrected chi connectivity index (χ1v) is 9.27. The van der Waals surface area contributed by atoms with Crippen molar-refractivity contribution in [1.82, 2.24) is 4.31 Å². The van der Waals surface area contributed by atoms with E-state index in [0.717, 1.165) is 10.2 Å². The van der Waals surface area contributed by atoms with Crippen molar-refractivity contribution in [2.75, 3.05) is 13.1 Å². The highest BCUT2D eigenvalue weighted by Crippen LogP contribution is 2.32. The average molecular weight is 403 g/mol. The number of halogens is 2. The molecule has 96 valence electrons. The SMILES string of the molecule is CC1CN(S(=O)(=O)c2ccc(Br)s2)CCC1Br. The Bertz CT molecular complexity index is 500. The molecule has 0 aromatic carbocycles. The van der Waals surface area contributed by atoms with Crippen LogP contribution in [-0.2, 0) is 10.0 Å². The summed E-state index contributed by atoms with van der Waals surface area (Å²) in [7, 11) is -3.30. The van der Waals surface area contributed by atoms with Crippen LogP contribution in [0.3, 0.4) is 0 Å². The lowest BCUT2D eigenvalue weighted by Crippen LogP contribution is -2.42. The maximum atomic E-state index is 12.4. The Labute approximate surface area is 123 Å². The fraction of sp³-hybridized carbons (Fsp3) is 0.600. The second-order valence-corrected chi connectivity index (χ2v) is 10.0. The van der Waals surface area contributed by atoms with Gasteiger partial charge >= 0.3 is 0 Å². The minimum absolute atomic E-state index is 0.349. The van der Waals surface area contributed by atoms with Gasteiger partial charge in [0, 0.05) is 17.9 Å². The molecule has 0 N–H and O–H groups in total. The molecule has 0 bridgehead atoms. The van der Waals surface area contributed by atoms with E-state index >= 15 is 0 Å². The van der Waals surface area contributed by atoms with Crippen molar-refractivity contribution < 1.29 is 8.42 Å². The normalized spacial score (nSPS) is 27.2. The minimum Gasteiger partial charge on any atom is -0.206 e. The molecule has 1 fully saturated rings. The average Bonchev–Trinajstić information content (AvgIpc) is 2.69. The van der Waals surface area contributed by atoms with E-state index in [9.17, 15) is 8.42 Å². The summed E-state index contributed by atoms with van der Waals surface area (Å²) < 4.78 is 27.6. The zero-order valence-electron chi connectivity index (χ0n) is 9.27. The Morgan fingerprint density at radius 2 is 2.18 bits per heavy atom. The summed E-state index contributed by atoms with van der Waals surface area (Å²) >= 11 is 8.15. The van der Waals surface area contributed by atoms with E-state index in [2.05, 4.69) is 38.8 Å². The summed E-state index contributed by atoms with van der Waals surface area (Å²) in [6.07, 6.45) is 0.868. The summed E-state index contributed by atoms with van der Waals surface area (Å²) in [5.41, 5.74) is 0. The number of nitrogens with zero attached hydrogens (tertiary/aromatic N) is 1. The molecular formula is C10H13Br2NO2S2. The smallest absolute Gasteiger partial charge is 0.206 e. The van der Waals surface area contributed by atoms with Crippen molar-refractivity contribution in [2.45, 2.75) is 22.4 Å². The fourth-order valence-electron chi connectivity index (χ4n) is 1.86. The predicted molar refractivity (Wildman–Crippen MR) is 77.3 cm³/mol. The van der Waals surface area contributed by atoms with Crippen LogP contribution < -0.4 is 0 Å². The van der Waals surface area contributed by atoms with Gasteiger partial charge in [-0.2, -0.15) is 4.31 Å². The lowest BCUT2D eigenvalue weighted by atomic mass is 10.0. The van der Waals surface area contributed by atoms with Crippen LogP contribution in [0.5, 0.6) is 0 Å². The molecule has 1 saturated heterocycles. The molecule has 1 aliphatic heterocycles. The van der Waals surface area contributed by atoms with Crippen LogP contribution in [0.4, 0.5) is 0 Å². The molecule has 0 spiro atoms. The van der Waals surface area contributed by atoms with Crippen LogP contribution in [0.15, 0.2) is 20.1 Å². The summed E-state index contributed by atoms with van der Waals surface area (Å²) in [5.74, 6) is 0.349. The molecule has 7 heteroatoms. The number of thiophene rings is 1. The van der Waals surface area contributed by atoms with E-state index in [1.807, 2.05) is 0 Å². The van der Waals surface area contributed by atoms with E-state index < -0.39 is 10.0 Å². The van der Waals surface area contributed by atoms with Crippen molar-refractivity contribution >= 4 is 53.2 Å². The second kappa shape index (κ2) is 5.28. The van der Waals surface area contributed by atoms with Gasteiger partial charge in [-0.25, -0.2) is 8.42 Å². The molecule has 0 aliphatic carbocycles. The van der Waals surface area contributed by atoms with E-state index in [1.54, 1.807) is 16.4 Å². The van der Waals surface area contributed by atoms with E-state index in [1.165, 1.54) is 11.3 Å². The number of hydrogen-bond acceptors (Lipinski definition) is 3. The van der Waals surface area contributed by atoms with Crippen LogP contribution in [0, 0.1) is 5.92 Å². The number of sulfonamides is 1. The summed E-state index contributed by atoms with van der Waals surface area (Å²) in [6, 6.07) is 3.44. The van der Waals surface area contributed by atoms with Gasteiger partial charge in [-0.3, -0.25) is 0 Å². The molecule has 3 nitrogen and oxygen atoms in total. The van der Waals surface area contributed by atoms with Gasteiger partial charge in [-0.05, 0) is 40.4 Å².